The van der Waals surface area contributed by atoms with Crippen LogP contribution in [0.3, 0.4) is 0 Å². The molecular weight excluding hydrogens is 352 g/mol. The van der Waals surface area contributed by atoms with Crippen molar-refractivity contribution in [2.75, 3.05) is 5.73 Å². The molecule has 106 valence electrons. The van der Waals surface area contributed by atoms with Gasteiger partial charge in [0, 0.05) is 10.0 Å². The van der Waals surface area contributed by atoms with Crippen LogP contribution in [-0.4, -0.2) is 5.16 Å². The van der Waals surface area contributed by atoms with Crippen LogP contribution in [0.15, 0.2) is 51.5 Å². The van der Waals surface area contributed by atoms with Gasteiger partial charge >= 0.3 is 0 Å². The molecule has 5 heteroatoms. The van der Waals surface area contributed by atoms with Crippen molar-refractivity contribution >= 4 is 33.3 Å². The molecule has 0 bridgehead atoms. The van der Waals surface area contributed by atoms with Crippen molar-refractivity contribution in [3.63, 3.8) is 0 Å². The summed E-state index contributed by atoms with van der Waals surface area (Å²) in [4.78, 5) is 0. The van der Waals surface area contributed by atoms with Gasteiger partial charge in [0.25, 0.3) is 0 Å². The summed E-state index contributed by atoms with van der Waals surface area (Å²) in [7, 11) is 0. The van der Waals surface area contributed by atoms with Crippen LogP contribution >= 0.6 is 27.5 Å². The highest BCUT2D eigenvalue weighted by molar-refractivity contribution is 9.10. The number of aromatic nitrogens is 1. The molecule has 2 aromatic carbocycles. The number of aryl methyl sites for hydroxylation is 1. The zero-order valence-electron chi connectivity index (χ0n) is 11.2. The molecule has 21 heavy (non-hydrogen) atoms. The van der Waals surface area contributed by atoms with Crippen molar-refractivity contribution < 1.29 is 4.52 Å². The fourth-order valence-corrected chi connectivity index (χ4v) is 2.77. The Morgan fingerprint density at radius 2 is 1.86 bits per heavy atom. The van der Waals surface area contributed by atoms with Crippen LogP contribution in [0.25, 0.3) is 22.5 Å². The number of rotatable bonds is 2. The first kappa shape index (κ1) is 14.2. The van der Waals surface area contributed by atoms with E-state index in [9.17, 15) is 0 Å². The summed E-state index contributed by atoms with van der Waals surface area (Å²) < 4.78 is 6.41. The Morgan fingerprint density at radius 3 is 2.52 bits per heavy atom. The molecule has 0 unspecified atom stereocenters. The molecule has 0 aliphatic carbocycles. The van der Waals surface area contributed by atoms with E-state index in [2.05, 4.69) is 21.1 Å². The van der Waals surface area contributed by atoms with Crippen LogP contribution < -0.4 is 5.73 Å². The van der Waals surface area contributed by atoms with Crippen molar-refractivity contribution in [1.29, 1.82) is 0 Å². The molecule has 0 aliphatic rings. The van der Waals surface area contributed by atoms with E-state index >= 15 is 0 Å². The molecule has 2 N–H and O–H groups in total. The summed E-state index contributed by atoms with van der Waals surface area (Å²) in [6.07, 6.45) is 0. The van der Waals surface area contributed by atoms with Crippen molar-refractivity contribution in [1.82, 2.24) is 5.16 Å². The lowest BCUT2D eigenvalue weighted by Crippen LogP contribution is -1.89. The van der Waals surface area contributed by atoms with Gasteiger partial charge < -0.3 is 10.3 Å². The first-order valence-corrected chi connectivity index (χ1v) is 7.51. The zero-order chi connectivity index (χ0) is 15.0. The Labute approximate surface area is 135 Å². The third-order valence-electron chi connectivity index (χ3n) is 3.22. The minimum Gasteiger partial charge on any atom is -0.380 e. The summed E-state index contributed by atoms with van der Waals surface area (Å²) in [5.41, 5.74) is 9.53. The van der Waals surface area contributed by atoms with Gasteiger partial charge in [-0.05, 0) is 42.3 Å². The van der Waals surface area contributed by atoms with Gasteiger partial charge in [0.2, 0.25) is 0 Å². The number of benzene rings is 2. The average molecular weight is 364 g/mol. The molecule has 3 aromatic rings. The van der Waals surface area contributed by atoms with Gasteiger partial charge in [0.05, 0.1) is 10.6 Å². The minimum atomic E-state index is 0.351. The largest absolute Gasteiger partial charge is 0.380 e. The standard InChI is InChI=1S/C16H12BrClN2O/c1-9-2-7-12(13(18)8-9)15-14(16(19)20-21-15)10-3-5-11(17)6-4-10/h2-8H,1H3,(H2,19,20). The van der Waals surface area contributed by atoms with E-state index in [0.29, 0.717) is 16.6 Å². The highest BCUT2D eigenvalue weighted by Crippen LogP contribution is 2.39. The number of nitrogens with two attached hydrogens (primary N) is 1. The first-order chi connectivity index (χ1) is 10.1. The van der Waals surface area contributed by atoms with Crippen LogP contribution in [0, 0.1) is 6.92 Å². The summed E-state index contributed by atoms with van der Waals surface area (Å²) in [6, 6.07) is 13.6. The molecule has 0 atom stereocenters. The van der Waals surface area contributed by atoms with Gasteiger partial charge in [-0.1, -0.05) is 50.9 Å². The van der Waals surface area contributed by atoms with Crippen LogP contribution in [-0.2, 0) is 0 Å². The lowest BCUT2D eigenvalue weighted by atomic mass is 10.0. The molecule has 0 radical (unpaired) electrons. The fourth-order valence-electron chi connectivity index (χ4n) is 2.19. The summed E-state index contributed by atoms with van der Waals surface area (Å²) in [6.45, 7) is 1.99. The maximum absolute atomic E-state index is 6.32. The van der Waals surface area contributed by atoms with Crippen molar-refractivity contribution in [3.05, 3.63) is 57.5 Å². The van der Waals surface area contributed by atoms with E-state index in [1.807, 2.05) is 49.4 Å². The van der Waals surface area contributed by atoms with Gasteiger partial charge in [-0.2, -0.15) is 0 Å². The molecular formula is C16H12BrClN2O. The molecule has 0 saturated carbocycles. The number of hydrogen-bond donors (Lipinski definition) is 1. The fraction of sp³-hybridized carbons (Fsp3) is 0.0625. The number of hydrogen-bond acceptors (Lipinski definition) is 3. The Bertz CT molecular complexity index is 797. The number of halogens is 2. The maximum atomic E-state index is 6.32. The summed E-state index contributed by atoms with van der Waals surface area (Å²) in [5, 5.41) is 4.50. The van der Waals surface area contributed by atoms with E-state index in [1.165, 1.54) is 0 Å². The Kier molecular flexibility index (Phi) is 3.74. The highest BCUT2D eigenvalue weighted by atomic mass is 79.9. The predicted octanol–water partition coefficient (Wildman–Crippen LogP) is 5.32. The summed E-state index contributed by atoms with van der Waals surface area (Å²) >= 11 is 9.74. The van der Waals surface area contributed by atoms with Gasteiger partial charge in [0.1, 0.15) is 0 Å². The molecule has 1 aromatic heterocycles. The van der Waals surface area contributed by atoms with Gasteiger partial charge in [-0.25, -0.2) is 0 Å². The van der Waals surface area contributed by atoms with E-state index < -0.39 is 0 Å². The molecule has 0 saturated heterocycles. The number of anilines is 1. The Morgan fingerprint density at radius 1 is 1.14 bits per heavy atom. The first-order valence-electron chi connectivity index (χ1n) is 6.34. The molecule has 3 nitrogen and oxygen atoms in total. The van der Waals surface area contributed by atoms with E-state index in [1.54, 1.807) is 0 Å². The third-order valence-corrected chi connectivity index (χ3v) is 4.06. The number of nitrogen functional groups attached to an aromatic ring is 1. The van der Waals surface area contributed by atoms with E-state index in [0.717, 1.165) is 26.7 Å². The normalized spacial score (nSPS) is 10.8. The second-order valence-electron chi connectivity index (χ2n) is 4.76. The zero-order valence-corrected chi connectivity index (χ0v) is 13.6. The van der Waals surface area contributed by atoms with Crippen molar-refractivity contribution in [3.8, 4) is 22.5 Å². The van der Waals surface area contributed by atoms with E-state index in [4.69, 9.17) is 21.9 Å². The van der Waals surface area contributed by atoms with Crippen LogP contribution in [0.2, 0.25) is 5.02 Å². The Hall–Kier alpha value is -1.78. The van der Waals surface area contributed by atoms with Crippen LogP contribution in [0.5, 0.6) is 0 Å². The second-order valence-corrected chi connectivity index (χ2v) is 6.09. The third kappa shape index (κ3) is 2.69. The average Bonchev–Trinajstić information content (AvgIpc) is 2.82. The van der Waals surface area contributed by atoms with E-state index in [-0.39, 0.29) is 0 Å². The lowest BCUT2D eigenvalue weighted by Gasteiger charge is -2.05. The number of nitrogens with zero attached hydrogens (tertiary/aromatic N) is 1. The minimum absolute atomic E-state index is 0.351. The van der Waals surface area contributed by atoms with Crippen molar-refractivity contribution in [2.24, 2.45) is 0 Å². The van der Waals surface area contributed by atoms with Crippen molar-refractivity contribution in [2.45, 2.75) is 6.92 Å². The van der Waals surface area contributed by atoms with Crippen LogP contribution in [0.4, 0.5) is 5.82 Å². The lowest BCUT2D eigenvalue weighted by molar-refractivity contribution is 0.436. The second kappa shape index (κ2) is 5.54. The topological polar surface area (TPSA) is 52.0 Å². The predicted molar refractivity (Wildman–Crippen MR) is 89.2 cm³/mol. The highest BCUT2D eigenvalue weighted by Gasteiger charge is 2.19. The van der Waals surface area contributed by atoms with Crippen LogP contribution in [0.1, 0.15) is 5.56 Å². The summed E-state index contributed by atoms with van der Waals surface area (Å²) in [5.74, 6) is 0.934. The SMILES string of the molecule is Cc1ccc(-c2onc(N)c2-c2ccc(Br)cc2)c(Cl)c1. The Balaban J connectivity index is 2.19. The molecule has 0 spiro atoms. The quantitative estimate of drug-likeness (QED) is 0.671. The smallest absolute Gasteiger partial charge is 0.178 e. The molecule has 3 rings (SSSR count). The molecule has 0 aliphatic heterocycles. The van der Waals surface area contributed by atoms with Gasteiger partial charge in [-0.3, -0.25) is 0 Å². The van der Waals surface area contributed by atoms with Gasteiger partial charge in [-0.15, -0.1) is 0 Å². The molecule has 1 heterocycles. The molecule has 0 amide bonds. The van der Waals surface area contributed by atoms with Gasteiger partial charge in [0.15, 0.2) is 11.6 Å². The molecule has 0 fully saturated rings. The maximum Gasteiger partial charge on any atom is 0.178 e. The monoisotopic (exact) mass is 362 g/mol.